The van der Waals surface area contributed by atoms with Crippen LogP contribution in [0.5, 0.6) is 0 Å². The fourth-order valence-corrected chi connectivity index (χ4v) is 5.11. The molecule has 0 bridgehead atoms. The third-order valence-electron chi connectivity index (χ3n) is 6.97. The number of amides is 1. The summed E-state index contributed by atoms with van der Waals surface area (Å²) in [5.41, 5.74) is 6.60. The predicted octanol–water partition coefficient (Wildman–Crippen LogP) is 7.10. The van der Waals surface area contributed by atoms with E-state index in [1.54, 1.807) is 11.0 Å². The summed E-state index contributed by atoms with van der Waals surface area (Å²) in [6, 6.07) is 15.6. The fourth-order valence-electron chi connectivity index (χ4n) is 5.11. The largest absolute Gasteiger partial charge is 0.479 e. The molecule has 3 aromatic rings. The van der Waals surface area contributed by atoms with Gasteiger partial charge in [0.1, 0.15) is 5.82 Å². The average Bonchev–Trinajstić information content (AvgIpc) is 3.32. The number of carbonyl (C=O) groups is 2. The van der Waals surface area contributed by atoms with Crippen LogP contribution in [-0.2, 0) is 22.6 Å². The van der Waals surface area contributed by atoms with Crippen LogP contribution >= 0.6 is 0 Å². The summed E-state index contributed by atoms with van der Waals surface area (Å²) >= 11 is 0. The second-order valence-electron chi connectivity index (χ2n) is 10.8. The zero-order valence-electron chi connectivity index (χ0n) is 22.8. The maximum absolute atomic E-state index is 13.8. The van der Waals surface area contributed by atoms with Crippen molar-refractivity contribution < 1.29 is 23.8 Å². The highest BCUT2D eigenvalue weighted by molar-refractivity contribution is 5.95. The van der Waals surface area contributed by atoms with Crippen LogP contribution < -0.4 is 0 Å². The first-order valence-electron chi connectivity index (χ1n) is 12.7. The zero-order valence-corrected chi connectivity index (χ0v) is 22.8. The molecular weight excluding hydrogens is 481 g/mol. The molecule has 1 aliphatic rings. The quantitative estimate of drug-likeness (QED) is 0.356. The number of fused-ring (bicyclic) bond motifs is 1. The number of hydrogen-bond acceptors (Lipinski definition) is 3. The van der Waals surface area contributed by atoms with Crippen LogP contribution in [0.25, 0.3) is 11.6 Å². The number of hydrogen-bond donors (Lipinski definition) is 1. The molecular formula is C32H34FNO4. The first-order chi connectivity index (χ1) is 17.9. The van der Waals surface area contributed by atoms with E-state index in [4.69, 9.17) is 4.74 Å². The average molecular weight is 516 g/mol. The molecule has 198 valence electrons. The molecule has 1 amide bonds. The molecule has 3 aromatic carbocycles. The smallest absolute Gasteiger partial charge is 0.337 e. The molecule has 1 atom stereocenters. The summed E-state index contributed by atoms with van der Waals surface area (Å²) in [5.74, 6) is -1.80. The molecule has 1 heterocycles. The van der Waals surface area contributed by atoms with E-state index in [0.29, 0.717) is 18.7 Å². The number of carbonyl (C=O) groups excluding carboxylic acids is 1. The summed E-state index contributed by atoms with van der Waals surface area (Å²) in [6.07, 6.45) is 0.827. The molecule has 1 aliphatic heterocycles. The van der Waals surface area contributed by atoms with E-state index >= 15 is 0 Å². The maximum Gasteiger partial charge on any atom is 0.337 e. The van der Waals surface area contributed by atoms with Gasteiger partial charge in [0.05, 0.1) is 5.60 Å². The summed E-state index contributed by atoms with van der Waals surface area (Å²) in [6.45, 7) is 12.1. The number of allylic oxidation sites excluding steroid dienone is 1. The van der Waals surface area contributed by atoms with Gasteiger partial charge in [-0.15, -0.1) is 0 Å². The van der Waals surface area contributed by atoms with Crippen molar-refractivity contribution in [3.63, 3.8) is 0 Å². The molecule has 0 aromatic heterocycles. The topological polar surface area (TPSA) is 66.8 Å². The molecule has 1 N–H and O–H groups in total. The lowest BCUT2D eigenvalue weighted by Crippen LogP contribution is -2.29. The molecule has 0 radical (unpaired) electrons. The Morgan fingerprint density at radius 3 is 2.16 bits per heavy atom. The predicted molar refractivity (Wildman–Crippen MR) is 147 cm³/mol. The standard InChI is InChI=1S/C32H34FNO4/c1-19(22-11-8-7-9-12-22)15-25-20(2)26-17-34(30(35)23-13-10-14-24(33)16-23)18-27(26)21(3)28(25)29(31(36)37)38-32(4,5)6/h7-16,29H,17-18H2,1-6H3,(H,36,37)/t29-/m0/s1. The van der Waals surface area contributed by atoms with E-state index in [-0.39, 0.29) is 11.5 Å². The number of carboxylic acid groups (broad SMARTS) is 1. The number of nitrogens with zero attached hydrogens (tertiary/aromatic N) is 1. The molecule has 6 heteroatoms. The highest BCUT2D eigenvalue weighted by Crippen LogP contribution is 2.41. The normalized spacial score (nSPS) is 14.4. The van der Waals surface area contributed by atoms with Gasteiger partial charge >= 0.3 is 5.97 Å². The molecule has 0 aliphatic carbocycles. The van der Waals surface area contributed by atoms with Crippen LogP contribution in [0, 0.1) is 19.7 Å². The van der Waals surface area contributed by atoms with Crippen molar-refractivity contribution in [2.24, 2.45) is 0 Å². The first kappa shape index (κ1) is 27.3. The minimum absolute atomic E-state index is 0.265. The molecule has 5 nitrogen and oxygen atoms in total. The van der Waals surface area contributed by atoms with Crippen molar-refractivity contribution in [1.82, 2.24) is 4.90 Å². The minimum Gasteiger partial charge on any atom is -0.479 e. The molecule has 0 saturated carbocycles. The second-order valence-corrected chi connectivity index (χ2v) is 10.8. The van der Waals surface area contributed by atoms with Gasteiger partial charge < -0.3 is 14.7 Å². The Hall–Kier alpha value is -3.77. The number of benzene rings is 3. The number of ether oxygens (including phenoxy) is 1. The third-order valence-corrected chi connectivity index (χ3v) is 6.97. The van der Waals surface area contributed by atoms with E-state index in [0.717, 1.165) is 39.0 Å². The van der Waals surface area contributed by atoms with Crippen LogP contribution in [0.2, 0.25) is 0 Å². The van der Waals surface area contributed by atoms with E-state index in [1.165, 1.54) is 18.2 Å². The van der Waals surface area contributed by atoms with Crippen LogP contribution in [0.15, 0.2) is 54.6 Å². The summed E-state index contributed by atoms with van der Waals surface area (Å²) in [4.78, 5) is 27.6. The van der Waals surface area contributed by atoms with E-state index in [2.05, 4.69) is 0 Å². The first-order valence-corrected chi connectivity index (χ1v) is 12.7. The Balaban J connectivity index is 1.88. The molecule has 38 heavy (non-hydrogen) atoms. The van der Waals surface area contributed by atoms with Crippen molar-refractivity contribution in [3.05, 3.63) is 105 Å². The van der Waals surface area contributed by atoms with Gasteiger partial charge in [-0.2, -0.15) is 0 Å². The van der Waals surface area contributed by atoms with Crippen LogP contribution in [0.1, 0.15) is 83.1 Å². The fraction of sp³-hybridized carbons (Fsp3) is 0.312. The Labute approximate surface area is 223 Å². The summed E-state index contributed by atoms with van der Waals surface area (Å²) < 4.78 is 19.9. The highest BCUT2D eigenvalue weighted by Gasteiger charge is 2.35. The van der Waals surface area contributed by atoms with Gasteiger partial charge in [0.2, 0.25) is 0 Å². The van der Waals surface area contributed by atoms with Crippen LogP contribution in [0.4, 0.5) is 4.39 Å². The summed E-state index contributed by atoms with van der Waals surface area (Å²) in [7, 11) is 0. The van der Waals surface area contributed by atoms with Gasteiger partial charge in [0.15, 0.2) is 6.10 Å². The van der Waals surface area contributed by atoms with Gasteiger partial charge in [0.25, 0.3) is 5.91 Å². The van der Waals surface area contributed by atoms with Gasteiger partial charge in [-0.25, -0.2) is 9.18 Å². The number of carboxylic acids is 1. The van der Waals surface area contributed by atoms with E-state index in [1.807, 2.05) is 78.0 Å². The Bertz CT molecular complexity index is 1420. The van der Waals surface area contributed by atoms with Crippen LogP contribution in [-0.4, -0.2) is 27.5 Å². The Morgan fingerprint density at radius 1 is 0.974 bits per heavy atom. The second kappa shape index (κ2) is 10.5. The van der Waals surface area contributed by atoms with Gasteiger partial charge in [-0.3, -0.25) is 4.79 Å². The van der Waals surface area contributed by atoms with Crippen molar-refractivity contribution >= 4 is 23.5 Å². The number of aliphatic carboxylic acids is 1. The summed E-state index contributed by atoms with van der Waals surface area (Å²) in [5, 5.41) is 10.3. The van der Waals surface area contributed by atoms with Crippen molar-refractivity contribution in [1.29, 1.82) is 0 Å². The van der Waals surface area contributed by atoms with E-state index < -0.39 is 23.5 Å². The monoisotopic (exact) mass is 515 g/mol. The number of halogens is 1. The SMILES string of the molecule is CC(=Cc1c(C)c2c(c(C)c1[C@H](OC(C)(C)C)C(=O)O)CN(C(=O)c1cccc(F)c1)C2)c1ccccc1. The Morgan fingerprint density at radius 2 is 1.58 bits per heavy atom. The van der Waals surface area contributed by atoms with E-state index in [9.17, 15) is 19.1 Å². The lowest BCUT2D eigenvalue weighted by atomic mass is 9.85. The molecule has 4 rings (SSSR count). The lowest BCUT2D eigenvalue weighted by Gasteiger charge is -2.29. The minimum atomic E-state index is -1.19. The van der Waals surface area contributed by atoms with Gasteiger partial charge in [-0.1, -0.05) is 42.5 Å². The highest BCUT2D eigenvalue weighted by atomic mass is 19.1. The lowest BCUT2D eigenvalue weighted by molar-refractivity contribution is -0.160. The molecule has 0 fully saturated rings. The maximum atomic E-state index is 13.8. The zero-order chi connectivity index (χ0) is 27.8. The van der Waals surface area contributed by atoms with Crippen LogP contribution in [0.3, 0.4) is 0 Å². The van der Waals surface area contributed by atoms with Crippen molar-refractivity contribution in [2.45, 2.75) is 66.3 Å². The molecule has 0 unspecified atom stereocenters. The van der Waals surface area contributed by atoms with Gasteiger partial charge in [-0.05, 0) is 98.7 Å². The number of rotatable bonds is 6. The Kier molecular flexibility index (Phi) is 7.56. The molecule has 0 spiro atoms. The third kappa shape index (κ3) is 5.55. The van der Waals surface area contributed by atoms with Crippen molar-refractivity contribution in [2.75, 3.05) is 0 Å². The van der Waals surface area contributed by atoms with Gasteiger partial charge in [0, 0.05) is 24.2 Å². The van der Waals surface area contributed by atoms with Crippen molar-refractivity contribution in [3.8, 4) is 0 Å². The molecule has 0 saturated heterocycles.